The van der Waals surface area contributed by atoms with Gasteiger partial charge >= 0.3 is 0 Å². The molecule has 6 nitrogen and oxygen atoms in total. The van der Waals surface area contributed by atoms with Gasteiger partial charge in [-0.25, -0.2) is 0 Å². The van der Waals surface area contributed by atoms with Crippen molar-refractivity contribution in [1.29, 1.82) is 0 Å². The quantitative estimate of drug-likeness (QED) is 0.780. The molecule has 2 aromatic rings. The molecule has 0 unspecified atom stereocenters. The van der Waals surface area contributed by atoms with E-state index in [1.54, 1.807) is 17.4 Å². The van der Waals surface area contributed by atoms with Crippen molar-refractivity contribution >= 4 is 17.2 Å². The summed E-state index contributed by atoms with van der Waals surface area (Å²) in [7, 11) is 1.47. The third kappa shape index (κ3) is 4.29. The summed E-state index contributed by atoms with van der Waals surface area (Å²) >= 11 is 1.61. The summed E-state index contributed by atoms with van der Waals surface area (Å²) in [5.41, 5.74) is 0.820. The molecule has 0 spiro atoms. The summed E-state index contributed by atoms with van der Waals surface area (Å²) in [6, 6.07) is 7.58. The molecule has 0 aliphatic heterocycles. The van der Waals surface area contributed by atoms with Crippen LogP contribution in [0, 0.1) is 0 Å². The molecule has 0 fully saturated rings. The Morgan fingerprint density at radius 2 is 2.25 bits per heavy atom. The highest BCUT2D eigenvalue weighted by Gasteiger charge is 2.03. The highest BCUT2D eigenvalue weighted by atomic mass is 32.1. The second kappa shape index (κ2) is 7.56. The molecule has 0 aliphatic carbocycles. The molecule has 0 saturated heterocycles. The molecular weight excluding hydrogens is 278 g/mol. The van der Waals surface area contributed by atoms with E-state index in [0.717, 1.165) is 10.6 Å². The average Bonchev–Trinajstić information content (AvgIpc) is 2.99. The number of nitrogens with zero attached hydrogens (tertiary/aromatic N) is 2. The standard InChI is InChI=1S/C13H15N3O3S/c1-18-9-12(17)14-6-7-19-13-5-4-10(15-16-13)11-3-2-8-20-11/h2-5,8H,6-7,9H2,1H3,(H,14,17). The largest absolute Gasteiger partial charge is 0.475 e. The minimum atomic E-state index is -0.171. The van der Waals surface area contributed by atoms with Crippen molar-refractivity contribution in [2.24, 2.45) is 0 Å². The lowest BCUT2D eigenvalue weighted by Crippen LogP contribution is -2.31. The number of carbonyl (C=O) groups excluding carboxylic acids is 1. The van der Waals surface area contributed by atoms with Gasteiger partial charge in [-0.15, -0.1) is 21.5 Å². The van der Waals surface area contributed by atoms with Crippen LogP contribution in [0.1, 0.15) is 0 Å². The summed E-state index contributed by atoms with van der Waals surface area (Å²) in [5, 5.41) is 12.7. The number of methoxy groups -OCH3 is 1. The number of carbonyl (C=O) groups is 1. The molecule has 2 aromatic heterocycles. The van der Waals surface area contributed by atoms with Crippen molar-refractivity contribution in [3.63, 3.8) is 0 Å². The van der Waals surface area contributed by atoms with Gasteiger partial charge in [-0.05, 0) is 17.5 Å². The first kappa shape index (κ1) is 14.4. The van der Waals surface area contributed by atoms with E-state index in [9.17, 15) is 4.79 Å². The molecule has 1 N–H and O–H groups in total. The van der Waals surface area contributed by atoms with Crippen molar-refractivity contribution in [1.82, 2.24) is 15.5 Å². The lowest BCUT2D eigenvalue weighted by atomic mass is 10.3. The molecule has 0 bridgehead atoms. The van der Waals surface area contributed by atoms with E-state index >= 15 is 0 Å². The Hall–Kier alpha value is -1.99. The second-order valence-electron chi connectivity index (χ2n) is 3.87. The van der Waals surface area contributed by atoms with Gasteiger partial charge in [0.25, 0.3) is 0 Å². The fourth-order valence-corrected chi connectivity index (χ4v) is 2.17. The normalized spacial score (nSPS) is 10.2. The molecular formula is C13H15N3O3S. The second-order valence-corrected chi connectivity index (χ2v) is 4.81. The van der Waals surface area contributed by atoms with Gasteiger partial charge in [0.15, 0.2) is 0 Å². The van der Waals surface area contributed by atoms with E-state index in [4.69, 9.17) is 9.47 Å². The van der Waals surface area contributed by atoms with Gasteiger partial charge < -0.3 is 14.8 Å². The van der Waals surface area contributed by atoms with Crippen molar-refractivity contribution < 1.29 is 14.3 Å². The maximum atomic E-state index is 11.1. The maximum Gasteiger partial charge on any atom is 0.246 e. The fraction of sp³-hybridized carbons (Fsp3) is 0.308. The minimum absolute atomic E-state index is 0.0509. The Kier molecular flexibility index (Phi) is 5.45. The zero-order valence-corrected chi connectivity index (χ0v) is 11.9. The predicted molar refractivity (Wildman–Crippen MR) is 75.7 cm³/mol. The number of amides is 1. The Morgan fingerprint density at radius 1 is 1.35 bits per heavy atom. The molecule has 106 valence electrons. The summed E-state index contributed by atoms with van der Waals surface area (Å²) in [4.78, 5) is 12.2. The van der Waals surface area contributed by atoms with Crippen molar-refractivity contribution in [2.75, 3.05) is 26.9 Å². The highest BCUT2D eigenvalue weighted by Crippen LogP contribution is 2.22. The van der Waals surface area contributed by atoms with Crippen LogP contribution in [0.5, 0.6) is 5.88 Å². The first-order valence-corrected chi connectivity index (χ1v) is 6.93. The number of aromatic nitrogens is 2. The molecule has 1 amide bonds. The average molecular weight is 293 g/mol. The Bertz CT molecular complexity index is 528. The van der Waals surface area contributed by atoms with Crippen LogP contribution in [0.3, 0.4) is 0 Å². The monoisotopic (exact) mass is 293 g/mol. The number of rotatable bonds is 7. The molecule has 0 saturated carbocycles. The molecule has 20 heavy (non-hydrogen) atoms. The fourth-order valence-electron chi connectivity index (χ4n) is 1.48. The van der Waals surface area contributed by atoms with E-state index in [1.165, 1.54) is 7.11 Å². The molecule has 0 atom stereocenters. The number of hydrogen-bond donors (Lipinski definition) is 1. The zero-order valence-electron chi connectivity index (χ0n) is 11.0. The Labute approximate surface area is 120 Å². The number of ether oxygens (including phenoxy) is 2. The van der Waals surface area contributed by atoms with Gasteiger partial charge in [0.2, 0.25) is 11.8 Å². The van der Waals surface area contributed by atoms with Gasteiger partial charge in [-0.3, -0.25) is 4.79 Å². The van der Waals surface area contributed by atoms with E-state index in [1.807, 2.05) is 23.6 Å². The molecule has 0 aliphatic rings. The van der Waals surface area contributed by atoms with E-state index < -0.39 is 0 Å². The van der Waals surface area contributed by atoms with Crippen LogP contribution < -0.4 is 10.1 Å². The van der Waals surface area contributed by atoms with Crippen LogP contribution in [-0.2, 0) is 9.53 Å². The lowest BCUT2D eigenvalue weighted by Gasteiger charge is -2.06. The van der Waals surface area contributed by atoms with Crippen LogP contribution in [0.25, 0.3) is 10.6 Å². The molecule has 0 radical (unpaired) electrons. The number of thiophene rings is 1. The Balaban J connectivity index is 1.75. The summed E-state index contributed by atoms with van der Waals surface area (Å²) < 4.78 is 10.1. The van der Waals surface area contributed by atoms with Crippen LogP contribution in [0.15, 0.2) is 29.6 Å². The lowest BCUT2D eigenvalue weighted by molar-refractivity contribution is -0.124. The van der Waals surface area contributed by atoms with Crippen molar-refractivity contribution in [3.05, 3.63) is 29.6 Å². The highest BCUT2D eigenvalue weighted by molar-refractivity contribution is 7.13. The first-order chi connectivity index (χ1) is 9.79. The van der Waals surface area contributed by atoms with Gasteiger partial charge in [0.1, 0.15) is 18.9 Å². The number of nitrogens with one attached hydrogen (secondary N) is 1. The first-order valence-electron chi connectivity index (χ1n) is 6.05. The molecule has 2 rings (SSSR count). The summed E-state index contributed by atoms with van der Waals surface area (Å²) in [5.74, 6) is 0.265. The minimum Gasteiger partial charge on any atom is -0.475 e. The van der Waals surface area contributed by atoms with Gasteiger partial charge in [0, 0.05) is 13.2 Å². The van der Waals surface area contributed by atoms with E-state index in [-0.39, 0.29) is 12.5 Å². The maximum absolute atomic E-state index is 11.1. The topological polar surface area (TPSA) is 73.3 Å². The van der Waals surface area contributed by atoms with E-state index in [0.29, 0.717) is 19.0 Å². The van der Waals surface area contributed by atoms with Crippen molar-refractivity contribution in [2.45, 2.75) is 0 Å². The third-order valence-corrected chi connectivity index (χ3v) is 3.26. The predicted octanol–water partition coefficient (Wildman–Crippen LogP) is 1.35. The van der Waals surface area contributed by atoms with Gasteiger partial charge in [0.05, 0.1) is 11.4 Å². The van der Waals surface area contributed by atoms with E-state index in [2.05, 4.69) is 15.5 Å². The van der Waals surface area contributed by atoms with Crippen LogP contribution in [-0.4, -0.2) is 43.0 Å². The third-order valence-electron chi connectivity index (χ3n) is 2.36. The SMILES string of the molecule is COCC(=O)NCCOc1ccc(-c2cccs2)nn1. The number of hydrogen-bond acceptors (Lipinski definition) is 6. The molecule has 0 aromatic carbocycles. The van der Waals surface area contributed by atoms with Gasteiger partial charge in [-0.1, -0.05) is 6.07 Å². The summed E-state index contributed by atoms with van der Waals surface area (Å²) in [6.45, 7) is 0.786. The van der Waals surface area contributed by atoms with Gasteiger partial charge in [-0.2, -0.15) is 0 Å². The van der Waals surface area contributed by atoms with Crippen LogP contribution in [0.4, 0.5) is 0 Å². The van der Waals surface area contributed by atoms with Crippen LogP contribution in [0.2, 0.25) is 0 Å². The zero-order chi connectivity index (χ0) is 14.2. The smallest absolute Gasteiger partial charge is 0.246 e. The molecule has 2 heterocycles. The van der Waals surface area contributed by atoms with Crippen molar-refractivity contribution in [3.8, 4) is 16.5 Å². The Morgan fingerprint density at radius 3 is 2.90 bits per heavy atom. The van der Waals surface area contributed by atoms with Crippen LogP contribution >= 0.6 is 11.3 Å². The summed E-state index contributed by atoms with van der Waals surface area (Å²) in [6.07, 6.45) is 0. The molecule has 7 heteroatoms.